The van der Waals surface area contributed by atoms with Gasteiger partial charge in [-0.15, -0.1) is 0 Å². The van der Waals surface area contributed by atoms with E-state index in [9.17, 15) is 22.7 Å². The summed E-state index contributed by atoms with van der Waals surface area (Å²) in [4.78, 5) is 14.4. The van der Waals surface area contributed by atoms with E-state index in [-0.39, 0.29) is 41.3 Å². The van der Waals surface area contributed by atoms with Crippen molar-refractivity contribution in [2.75, 3.05) is 18.1 Å². The van der Waals surface area contributed by atoms with Crippen LogP contribution in [-0.4, -0.2) is 52.6 Å². The number of rotatable bonds is 6. The van der Waals surface area contributed by atoms with E-state index in [1.807, 2.05) is 0 Å². The molecule has 1 saturated heterocycles. The van der Waals surface area contributed by atoms with Crippen molar-refractivity contribution in [3.05, 3.63) is 47.0 Å². The molecule has 1 aliphatic heterocycles. The van der Waals surface area contributed by atoms with Gasteiger partial charge in [-0.1, -0.05) is 6.07 Å². The van der Waals surface area contributed by atoms with E-state index in [1.54, 1.807) is 13.0 Å². The van der Waals surface area contributed by atoms with Crippen LogP contribution in [0.4, 0.5) is 4.39 Å². The number of aromatic hydroxyl groups is 1. The normalized spacial score (nSPS) is 16.8. The SMILES string of the molecule is Cc1cc(C(=O)N(CCC2CCS(=O)(=O)CC2)Cc2ccc(O)cc2F)n[nH]1. The summed E-state index contributed by atoms with van der Waals surface area (Å²) in [7, 11) is -2.94. The van der Waals surface area contributed by atoms with E-state index in [4.69, 9.17) is 0 Å². The number of nitrogens with zero attached hydrogens (tertiary/aromatic N) is 2. The van der Waals surface area contributed by atoms with E-state index in [1.165, 1.54) is 17.0 Å². The van der Waals surface area contributed by atoms with Crippen molar-refractivity contribution in [2.45, 2.75) is 32.7 Å². The van der Waals surface area contributed by atoms with Crippen LogP contribution in [0.2, 0.25) is 0 Å². The predicted molar refractivity (Wildman–Crippen MR) is 102 cm³/mol. The number of hydrogen-bond acceptors (Lipinski definition) is 5. The van der Waals surface area contributed by atoms with Crippen molar-refractivity contribution >= 4 is 15.7 Å². The Kier molecular flexibility index (Phi) is 6.02. The number of sulfone groups is 1. The Bertz CT molecular complexity index is 944. The summed E-state index contributed by atoms with van der Waals surface area (Å²) in [6.45, 7) is 2.20. The van der Waals surface area contributed by atoms with Gasteiger partial charge in [0.15, 0.2) is 0 Å². The van der Waals surface area contributed by atoms with Crippen LogP contribution in [-0.2, 0) is 16.4 Å². The minimum atomic E-state index is -2.94. The number of benzene rings is 1. The lowest BCUT2D eigenvalue weighted by atomic mass is 9.98. The maximum Gasteiger partial charge on any atom is 0.274 e. The lowest BCUT2D eigenvalue weighted by Gasteiger charge is -2.27. The molecule has 2 heterocycles. The third-order valence-corrected chi connectivity index (χ3v) is 6.81. The molecule has 0 bridgehead atoms. The number of hydrogen-bond donors (Lipinski definition) is 2. The summed E-state index contributed by atoms with van der Waals surface area (Å²) in [5, 5.41) is 16.1. The van der Waals surface area contributed by atoms with Crippen LogP contribution in [0.25, 0.3) is 0 Å². The average Bonchev–Trinajstić information content (AvgIpc) is 3.07. The lowest BCUT2D eigenvalue weighted by Crippen LogP contribution is -2.34. The summed E-state index contributed by atoms with van der Waals surface area (Å²) < 4.78 is 37.4. The Labute approximate surface area is 163 Å². The Morgan fingerprint density at radius 2 is 2.04 bits per heavy atom. The molecule has 2 aromatic rings. The Hall–Kier alpha value is -2.42. The number of nitrogens with one attached hydrogen (secondary N) is 1. The van der Waals surface area contributed by atoms with Gasteiger partial charge in [0.05, 0.1) is 11.5 Å². The Morgan fingerprint density at radius 1 is 1.32 bits per heavy atom. The van der Waals surface area contributed by atoms with Gasteiger partial charge < -0.3 is 10.0 Å². The number of aryl methyl sites for hydroxylation is 1. The molecule has 0 spiro atoms. The zero-order chi connectivity index (χ0) is 20.3. The number of phenols is 1. The number of carbonyl (C=O) groups is 1. The highest BCUT2D eigenvalue weighted by molar-refractivity contribution is 7.91. The number of phenolic OH excluding ortho intramolecular Hbond substituents is 1. The van der Waals surface area contributed by atoms with Crippen LogP contribution in [0.15, 0.2) is 24.3 Å². The van der Waals surface area contributed by atoms with E-state index >= 15 is 0 Å². The molecule has 1 amide bonds. The molecule has 1 fully saturated rings. The number of H-pyrrole nitrogens is 1. The second kappa shape index (κ2) is 8.30. The molecule has 2 N–H and O–H groups in total. The van der Waals surface area contributed by atoms with Gasteiger partial charge in [-0.05, 0) is 44.2 Å². The highest BCUT2D eigenvalue weighted by Crippen LogP contribution is 2.24. The minimum Gasteiger partial charge on any atom is -0.508 e. The number of halogens is 1. The monoisotopic (exact) mass is 409 g/mol. The Morgan fingerprint density at radius 3 is 2.64 bits per heavy atom. The summed E-state index contributed by atoms with van der Waals surface area (Å²) in [5.74, 6) is -0.511. The van der Waals surface area contributed by atoms with Crippen molar-refractivity contribution in [2.24, 2.45) is 5.92 Å². The van der Waals surface area contributed by atoms with Gasteiger partial charge >= 0.3 is 0 Å². The molecule has 0 radical (unpaired) electrons. The molecule has 0 aliphatic carbocycles. The molecular weight excluding hydrogens is 385 g/mol. The zero-order valence-corrected chi connectivity index (χ0v) is 16.5. The van der Waals surface area contributed by atoms with Gasteiger partial charge in [0.25, 0.3) is 5.91 Å². The van der Waals surface area contributed by atoms with E-state index in [2.05, 4.69) is 10.2 Å². The summed E-state index contributed by atoms with van der Waals surface area (Å²) in [5.41, 5.74) is 1.30. The summed E-state index contributed by atoms with van der Waals surface area (Å²) >= 11 is 0. The van der Waals surface area contributed by atoms with Crippen LogP contribution in [0.3, 0.4) is 0 Å². The maximum absolute atomic E-state index is 14.2. The van der Waals surface area contributed by atoms with Crippen molar-refractivity contribution in [1.29, 1.82) is 0 Å². The number of aromatic amines is 1. The van der Waals surface area contributed by atoms with Crippen LogP contribution < -0.4 is 0 Å². The first kappa shape index (κ1) is 20.3. The molecule has 9 heteroatoms. The van der Waals surface area contributed by atoms with Gasteiger partial charge in [-0.3, -0.25) is 9.89 Å². The van der Waals surface area contributed by atoms with Gasteiger partial charge in [0, 0.05) is 30.4 Å². The number of aromatic nitrogens is 2. The number of carbonyl (C=O) groups excluding carboxylic acids is 1. The maximum atomic E-state index is 14.2. The molecule has 0 unspecified atom stereocenters. The molecular formula is C19H24FN3O4S. The lowest BCUT2D eigenvalue weighted by molar-refractivity contribution is 0.0724. The standard InChI is InChI=1S/C19H24FN3O4S/c1-13-10-18(22-21-13)19(25)23(12-15-2-3-16(24)11-17(15)20)7-4-14-5-8-28(26,27)9-6-14/h2-3,10-11,14,24H,4-9,12H2,1H3,(H,21,22). The van der Waals surface area contributed by atoms with Crippen LogP contribution in [0.5, 0.6) is 5.75 Å². The van der Waals surface area contributed by atoms with Gasteiger partial charge in [0.2, 0.25) is 0 Å². The zero-order valence-electron chi connectivity index (χ0n) is 15.7. The molecule has 1 aromatic heterocycles. The molecule has 7 nitrogen and oxygen atoms in total. The molecule has 1 aliphatic rings. The van der Waals surface area contributed by atoms with Gasteiger partial charge in [-0.2, -0.15) is 5.10 Å². The first-order valence-electron chi connectivity index (χ1n) is 9.22. The van der Waals surface area contributed by atoms with E-state index in [0.717, 1.165) is 11.8 Å². The molecule has 28 heavy (non-hydrogen) atoms. The third kappa shape index (κ3) is 5.09. The minimum absolute atomic E-state index is 0.0435. The molecule has 152 valence electrons. The topological polar surface area (TPSA) is 103 Å². The molecule has 0 saturated carbocycles. The van der Waals surface area contributed by atoms with Gasteiger partial charge in [-0.25, -0.2) is 12.8 Å². The van der Waals surface area contributed by atoms with Crippen LogP contribution in [0, 0.1) is 18.7 Å². The quantitative estimate of drug-likeness (QED) is 0.763. The molecule has 0 atom stereocenters. The highest BCUT2D eigenvalue weighted by atomic mass is 32.2. The second-order valence-corrected chi connectivity index (χ2v) is 9.63. The first-order chi connectivity index (χ1) is 13.2. The summed E-state index contributed by atoms with van der Waals surface area (Å²) in [6.07, 6.45) is 1.81. The fourth-order valence-corrected chi connectivity index (χ4v) is 4.97. The van der Waals surface area contributed by atoms with Crippen molar-refractivity contribution < 1.29 is 22.7 Å². The second-order valence-electron chi connectivity index (χ2n) is 7.32. The average molecular weight is 409 g/mol. The van der Waals surface area contributed by atoms with E-state index < -0.39 is 15.7 Å². The third-order valence-electron chi connectivity index (χ3n) is 5.09. The van der Waals surface area contributed by atoms with Crippen LogP contribution in [0.1, 0.15) is 41.0 Å². The van der Waals surface area contributed by atoms with Crippen LogP contribution >= 0.6 is 0 Å². The summed E-state index contributed by atoms with van der Waals surface area (Å²) in [6, 6.07) is 5.48. The smallest absolute Gasteiger partial charge is 0.274 e. The van der Waals surface area contributed by atoms with Crippen molar-refractivity contribution in [1.82, 2.24) is 15.1 Å². The first-order valence-corrected chi connectivity index (χ1v) is 11.0. The fourth-order valence-electron chi connectivity index (χ4n) is 3.38. The van der Waals surface area contributed by atoms with E-state index in [0.29, 0.717) is 31.4 Å². The van der Waals surface area contributed by atoms with Crippen molar-refractivity contribution in [3.63, 3.8) is 0 Å². The Balaban J connectivity index is 1.73. The molecule has 3 rings (SSSR count). The number of amides is 1. The van der Waals surface area contributed by atoms with Gasteiger partial charge in [0.1, 0.15) is 27.1 Å². The largest absolute Gasteiger partial charge is 0.508 e. The van der Waals surface area contributed by atoms with Crippen molar-refractivity contribution in [3.8, 4) is 5.75 Å². The molecule has 1 aromatic carbocycles. The predicted octanol–water partition coefficient (Wildman–Crippen LogP) is 2.42. The highest BCUT2D eigenvalue weighted by Gasteiger charge is 2.26. The fraction of sp³-hybridized carbons (Fsp3) is 0.474.